The molecule has 0 unspecified atom stereocenters. The standard InChI is InChI=1S/C22H16F5N3O4/c1-29(13-5-6-17-18(10-13)34-22(26,27)33-17)20(31)12-3-2-4-14(9-12)30-16-7-8-32-11-15(16)19(28-30)21(23,24)25/h2-6,9-10H,7-8,11H2,1H3. The Hall–Kier alpha value is -3.67. The lowest BCUT2D eigenvalue weighted by Crippen LogP contribution is -2.26. The van der Waals surface area contributed by atoms with E-state index < -0.39 is 24.1 Å². The van der Waals surface area contributed by atoms with E-state index in [9.17, 15) is 26.7 Å². The van der Waals surface area contributed by atoms with E-state index in [1.807, 2.05) is 0 Å². The molecule has 3 heterocycles. The highest BCUT2D eigenvalue weighted by molar-refractivity contribution is 6.06. The fourth-order valence-corrected chi connectivity index (χ4v) is 3.91. The van der Waals surface area contributed by atoms with E-state index in [4.69, 9.17) is 4.74 Å². The number of benzene rings is 2. The maximum Gasteiger partial charge on any atom is 0.586 e. The molecule has 0 saturated heterocycles. The smallest absolute Gasteiger partial charge is 0.395 e. The monoisotopic (exact) mass is 481 g/mol. The highest BCUT2D eigenvalue weighted by Gasteiger charge is 2.43. The molecule has 0 radical (unpaired) electrons. The zero-order chi connectivity index (χ0) is 24.3. The van der Waals surface area contributed by atoms with Crippen molar-refractivity contribution in [1.29, 1.82) is 0 Å². The summed E-state index contributed by atoms with van der Waals surface area (Å²) < 4.78 is 82.2. The summed E-state index contributed by atoms with van der Waals surface area (Å²) >= 11 is 0. The molecule has 0 saturated carbocycles. The maximum atomic E-state index is 13.5. The van der Waals surface area contributed by atoms with Crippen LogP contribution < -0.4 is 14.4 Å². The summed E-state index contributed by atoms with van der Waals surface area (Å²) in [6.45, 7) is 0.0508. The molecular formula is C22H16F5N3O4. The SMILES string of the molecule is CN(C(=O)c1cccc(-n2nc(C(F)(F)F)c3c2CCOC3)c1)c1ccc2c(c1)OC(F)(F)O2. The van der Waals surface area contributed by atoms with Crippen molar-refractivity contribution in [3.05, 3.63) is 65.0 Å². The number of hydrogen-bond acceptors (Lipinski definition) is 5. The number of nitrogens with zero attached hydrogens (tertiary/aromatic N) is 3. The Kier molecular flexibility index (Phi) is 5.01. The lowest BCUT2D eigenvalue weighted by Gasteiger charge is -2.19. The van der Waals surface area contributed by atoms with Crippen molar-refractivity contribution in [2.75, 3.05) is 18.6 Å². The van der Waals surface area contributed by atoms with Crippen LogP contribution in [0.2, 0.25) is 0 Å². The molecule has 12 heteroatoms. The van der Waals surface area contributed by atoms with E-state index in [0.29, 0.717) is 5.69 Å². The van der Waals surface area contributed by atoms with Gasteiger partial charge < -0.3 is 19.1 Å². The average molecular weight is 481 g/mol. The van der Waals surface area contributed by atoms with Crippen LogP contribution >= 0.6 is 0 Å². The minimum Gasteiger partial charge on any atom is -0.395 e. The number of amides is 1. The fraction of sp³-hybridized carbons (Fsp3) is 0.273. The Morgan fingerprint density at radius 3 is 2.65 bits per heavy atom. The predicted molar refractivity (Wildman–Crippen MR) is 107 cm³/mol. The van der Waals surface area contributed by atoms with Gasteiger partial charge in [-0.2, -0.15) is 18.3 Å². The number of anilines is 1. The van der Waals surface area contributed by atoms with Crippen LogP contribution in [0, 0.1) is 0 Å². The number of carbonyl (C=O) groups is 1. The Morgan fingerprint density at radius 1 is 1.12 bits per heavy atom. The summed E-state index contributed by atoms with van der Waals surface area (Å²) in [4.78, 5) is 14.3. The molecule has 0 bridgehead atoms. The first-order chi connectivity index (χ1) is 16.0. The van der Waals surface area contributed by atoms with Crippen LogP contribution in [0.25, 0.3) is 5.69 Å². The van der Waals surface area contributed by atoms with Gasteiger partial charge in [0.25, 0.3) is 5.91 Å². The van der Waals surface area contributed by atoms with E-state index in [-0.39, 0.29) is 53.6 Å². The maximum absolute atomic E-state index is 13.5. The normalized spacial score (nSPS) is 16.3. The van der Waals surface area contributed by atoms with E-state index in [0.717, 1.165) is 0 Å². The van der Waals surface area contributed by atoms with E-state index in [2.05, 4.69) is 14.6 Å². The van der Waals surface area contributed by atoms with Crippen molar-refractivity contribution in [3.8, 4) is 17.2 Å². The van der Waals surface area contributed by atoms with E-state index in [1.54, 1.807) is 6.07 Å². The van der Waals surface area contributed by atoms with Gasteiger partial charge in [-0.1, -0.05) is 6.07 Å². The van der Waals surface area contributed by atoms with Crippen LogP contribution in [-0.4, -0.2) is 35.6 Å². The summed E-state index contributed by atoms with van der Waals surface area (Å²) in [5.74, 6) is -0.904. The van der Waals surface area contributed by atoms with Gasteiger partial charge in [-0.05, 0) is 30.3 Å². The van der Waals surface area contributed by atoms with Gasteiger partial charge in [0.15, 0.2) is 17.2 Å². The summed E-state index contributed by atoms with van der Waals surface area (Å²) in [7, 11) is 1.43. The van der Waals surface area contributed by atoms with Crippen LogP contribution in [0.3, 0.4) is 0 Å². The molecule has 2 aromatic carbocycles. The van der Waals surface area contributed by atoms with Crippen molar-refractivity contribution >= 4 is 11.6 Å². The van der Waals surface area contributed by atoms with Gasteiger partial charge in [0.05, 0.1) is 24.6 Å². The molecular weight excluding hydrogens is 465 g/mol. The Balaban J connectivity index is 1.47. The predicted octanol–water partition coefficient (Wildman–Crippen LogP) is 4.56. The second kappa shape index (κ2) is 7.69. The Morgan fingerprint density at radius 2 is 1.88 bits per heavy atom. The second-order valence-corrected chi connectivity index (χ2v) is 7.70. The van der Waals surface area contributed by atoms with Crippen LogP contribution in [0.15, 0.2) is 42.5 Å². The van der Waals surface area contributed by atoms with E-state index in [1.165, 1.54) is 53.0 Å². The van der Waals surface area contributed by atoms with Crippen molar-refractivity contribution in [3.63, 3.8) is 0 Å². The van der Waals surface area contributed by atoms with Gasteiger partial charge in [0, 0.05) is 36.3 Å². The van der Waals surface area contributed by atoms with Crippen LogP contribution in [0.1, 0.15) is 27.3 Å². The van der Waals surface area contributed by atoms with Crippen molar-refractivity contribution in [2.45, 2.75) is 25.5 Å². The molecule has 0 fully saturated rings. The first-order valence-electron chi connectivity index (χ1n) is 10.1. The van der Waals surface area contributed by atoms with Crippen molar-refractivity contribution in [1.82, 2.24) is 9.78 Å². The minimum atomic E-state index is -4.65. The average Bonchev–Trinajstić information content (AvgIpc) is 3.34. The van der Waals surface area contributed by atoms with Crippen LogP contribution in [0.5, 0.6) is 11.5 Å². The quantitative estimate of drug-likeness (QED) is 0.514. The number of ether oxygens (including phenoxy) is 3. The third-order valence-corrected chi connectivity index (χ3v) is 5.50. The molecule has 34 heavy (non-hydrogen) atoms. The molecule has 178 valence electrons. The second-order valence-electron chi connectivity index (χ2n) is 7.70. The number of alkyl halides is 5. The van der Waals surface area contributed by atoms with E-state index >= 15 is 0 Å². The largest absolute Gasteiger partial charge is 0.586 e. The topological polar surface area (TPSA) is 65.8 Å². The molecule has 0 atom stereocenters. The molecule has 7 nitrogen and oxygen atoms in total. The number of hydrogen-bond donors (Lipinski definition) is 0. The van der Waals surface area contributed by atoms with Gasteiger partial charge in [0.2, 0.25) is 0 Å². The minimum absolute atomic E-state index is 0.0234. The Labute approximate surface area is 189 Å². The summed E-state index contributed by atoms with van der Waals surface area (Å²) in [6, 6.07) is 9.88. The van der Waals surface area contributed by atoms with Gasteiger partial charge in [0.1, 0.15) is 0 Å². The number of halogens is 5. The molecule has 0 spiro atoms. The molecule has 0 N–H and O–H groups in total. The van der Waals surface area contributed by atoms with Gasteiger partial charge >= 0.3 is 12.5 Å². The summed E-state index contributed by atoms with van der Waals surface area (Å²) in [6.07, 6.45) is -8.21. The molecule has 3 aromatic rings. The highest BCUT2D eigenvalue weighted by Crippen LogP contribution is 2.43. The first kappa shape index (κ1) is 22.1. The van der Waals surface area contributed by atoms with Crippen LogP contribution in [0.4, 0.5) is 27.6 Å². The van der Waals surface area contributed by atoms with Gasteiger partial charge in [-0.15, -0.1) is 8.78 Å². The summed E-state index contributed by atoms with van der Waals surface area (Å²) in [5.41, 5.74) is 0.0146. The summed E-state index contributed by atoms with van der Waals surface area (Å²) in [5, 5.41) is 3.78. The zero-order valence-corrected chi connectivity index (χ0v) is 17.5. The molecule has 5 rings (SSSR count). The van der Waals surface area contributed by atoms with Crippen molar-refractivity contribution in [2.24, 2.45) is 0 Å². The molecule has 1 amide bonds. The first-order valence-corrected chi connectivity index (χ1v) is 10.1. The molecule has 2 aliphatic rings. The molecule has 0 aliphatic carbocycles. The zero-order valence-electron chi connectivity index (χ0n) is 17.5. The number of rotatable bonds is 3. The molecule has 1 aromatic heterocycles. The van der Waals surface area contributed by atoms with Crippen LogP contribution in [-0.2, 0) is 23.9 Å². The van der Waals surface area contributed by atoms with Gasteiger partial charge in [-0.3, -0.25) is 4.79 Å². The number of carbonyl (C=O) groups excluding carboxylic acids is 1. The highest BCUT2D eigenvalue weighted by atomic mass is 19.4. The molecule has 2 aliphatic heterocycles. The lowest BCUT2D eigenvalue weighted by molar-refractivity contribution is -0.286. The number of aromatic nitrogens is 2. The lowest BCUT2D eigenvalue weighted by atomic mass is 10.1. The van der Waals surface area contributed by atoms with Crippen molar-refractivity contribution < 1.29 is 41.0 Å². The van der Waals surface area contributed by atoms with Gasteiger partial charge in [-0.25, -0.2) is 4.68 Å². The number of fused-ring (bicyclic) bond motifs is 2. The third kappa shape index (κ3) is 3.83. The fourth-order valence-electron chi connectivity index (χ4n) is 3.91. The third-order valence-electron chi connectivity index (χ3n) is 5.50. The Bertz CT molecular complexity index is 1290.